The minimum absolute atomic E-state index is 0.133. The van der Waals surface area contributed by atoms with Crippen LogP contribution in [0.1, 0.15) is 54.6 Å². The maximum atomic E-state index is 11.8. The van der Waals surface area contributed by atoms with Gasteiger partial charge in [-0.2, -0.15) is 0 Å². The summed E-state index contributed by atoms with van der Waals surface area (Å²) < 4.78 is 5.69. The van der Waals surface area contributed by atoms with Crippen molar-refractivity contribution in [3.05, 3.63) is 28.8 Å². The topological polar surface area (TPSA) is 29.5 Å². The van der Waals surface area contributed by atoms with Gasteiger partial charge in [0, 0.05) is 6.04 Å². The summed E-state index contributed by atoms with van der Waals surface area (Å²) in [4.78, 5) is 14.5. The lowest BCUT2D eigenvalue weighted by atomic mass is 9.85. The lowest BCUT2D eigenvalue weighted by molar-refractivity contribution is 0.0961. The van der Waals surface area contributed by atoms with Crippen molar-refractivity contribution >= 4 is 5.78 Å². The third kappa shape index (κ3) is 2.71. The Balaban J connectivity index is 1.85. The quantitative estimate of drug-likeness (QED) is 0.832. The second-order valence-electron chi connectivity index (χ2n) is 6.22. The molecule has 0 aromatic heterocycles. The molecule has 114 valence electrons. The number of Topliss-reactive ketones (excluding diaryl/α,β-unsaturated/α-hetero) is 1. The van der Waals surface area contributed by atoms with E-state index in [4.69, 9.17) is 4.74 Å². The molecular weight excluding hydrogens is 262 g/mol. The highest BCUT2D eigenvalue weighted by Gasteiger charge is 2.31. The summed E-state index contributed by atoms with van der Waals surface area (Å²) in [5.74, 6) is 1.02. The third-order valence-electron chi connectivity index (χ3n) is 4.73. The lowest BCUT2D eigenvalue weighted by Gasteiger charge is -2.35. The smallest absolute Gasteiger partial charge is 0.203 e. The van der Waals surface area contributed by atoms with Gasteiger partial charge in [-0.05, 0) is 62.4 Å². The molecule has 1 unspecified atom stereocenters. The fraction of sp³-hybridized carbons (Fsp3) is 0.611. The summed E-state index contributed by atoms with van der Waals surface area (Å²) in [6.07, 6.45) is 5.76. The Kier molecular flexibility index (Phi) is 4.29. The van der Waals surface area contributed by atoms with Crippen LogP contribution >= 0.6 is 0 Å². The van der Waals surface area contributed by atoms with Crippen LogP contribution in [-0.2, 0) is 12.8 Å². The number of ether oxygens (including phenoxy) is 1. The van der Waals surface area contributed by atoms with Crippen molar-refractivity contribution < 1.29 is 9.53 Å². The number of fused-ring (bicyclic) bond motifs is 3. The van der Waals surface area contributed by atoms with E-state index in [1.54, 1.807) is 0 Å². The van der Waals surface area contributed by atoms with Crippen molar-refractivity contribution in [2.75, 3.05) is 19.7 Å². The van der Waals surface area contributed by atoms with Crippen LogP contribution < -0.4 is 4.74 Å². The summed E-state index contributed by atoms with van der Waals surface area (Å²) in [6.45, 7) is 7.06. The molecular formula is C18H25NO2. The summed E-state index contributed by atoms with van der Waals surface area (Å²) in [5, 5.41) is 0. The number of hydrogen-bond donors (Lipinski definition) is 0. The van der Waals surface area contributed by atoms with E-state index in [0.717, 1.165) is 24.2 Å². The van der Waals surface area contributed by atoms with Crippen molar-refractivity contribution in [2.24, 2.45) is 0 Å². The first-order valence-corrected chi connectivity index (χ1v) is 8.29. The maximum Gasteiger partial charge on any atom is 0.203 e. The summed E-state index contributed by atoms with van der Waals surface area (Å²) >= 11 is 0. The van der Waals surface area contributed by atoms with Crippen molar-refractivity contribution in [1.29, 1.82) is 0 Å². The van der Waals surface area contributed by atoms with Gasteiger partial charge in [0.25, 0.3) is 0 Å². The van der Waals surface area contributed by atoms with E-state index < -0.39 is 0 Å². The minimum Gasteiger partial charge on any atom is -0.484 e. The molecule has 1 aromatic rings. The Morgan fingerprint density at radius 3 is 2.71 bits per heavy atom. The number of rotatable bonds is 5. The average Bonchev–Trinajstić information content (AvgIpc) is 2.88. The van der Waals surface area contributed by atoms with Crippen molar-refractivity contribution in [1.82, 2.24) is 4.90 Å². The molecule has 0 radical (unpaired) electrons. The second kappa shape index (κ2) is 6.18. The fourth-order valence-corrected chi connectivity index (χ4v) is 3.75. The summed E-state index contributed by atoms with van der Waals surface area (Å²) in [5.41, 5.74) is 3.48. The summed E-state index contributed by atoms with van der Waals surface area (Å²) in [6, 6.07) is 4.70. The molecule has 0 saturated carbocycles. The molecule has 1 aliphatic carbocycles. The van der Waals surface area contributed by atoms with Crippen LogP contribution in [0.4, 0.5) is 0 Å². The molecule has 0 N–H and O–H groups in total. The zero-order valence-corrected chi connectivity index (χ0v) is 13.2. The van der Waals surface area contributed by atoms with Crippen LogP contribution in [0.15, 0.2) is 12.1 Å². The van der Waals surface area contributed by atoms with Gasteiger partial charge in [-0.25, -0.2) is 0 Å². The Hall–Kier alpha value is -1.35. The number of hydrogen-bond acceptors (Lipinski definition) is 3. The molecule has 0 saturated heterocycles. The van der Waals surface area contributed by atoms with Gasteiger partial charge < -0.3 is 9.64 Å². The number of benzene rings is 1. The average molecular weight is 287 g/mol. The number of nitrogens with zero attached hydrogens (tertiary/aromatic N) is 1. The van der Waals surface area contributed by atoms with Gasteiger partial charge in [0.1, 0.15) is 5.75 Å². The molecule has 0 spiro atoms. The monoisotopic (exact) mass is 287 g/mol. The molecule has 0 bridgehead atoms. The molecule has 1 aromatic carbocycles. The first-order valence-electron chi connectivity index (χ1n) is 8.29. The van der Waals surface area contributed by atoms with Crippen LogP contribution in [0.25, 0.3) is 0 Å². The predicted octanol–water partition coefficient (Wildman–Crippen LogP) is 3.24. The van der Waals surface area contributed by atoms with Crippen molar-refractivity contribution in [3.63, 3.8) is 0 Å². The summed E-state index contributed by atoms with van der Waals surface area (Å²) in [7, 11) is 0. The Bertz CT molecular complexity index is 532. The van der Waals surface area contributed by atoms with E-state index in [1.165, 1.54) is 43.5 Å². The van der Waals surface area contributed by atoms with Crippen LogP contribution in [0, 0.1) is 0 Å². The first kappa shape index (κ1) is 14.6. The molecule has 3 heteroatoms. The first-order chi connectivity index (χ1) is 10.2. The molecule has 21 heavy (non-hydrogen) atoms. The fourth-order valence-electron chi connectivity index (χ4n) is 3.75. The van der Waals surface area contributed by atoms with E-state index in [0.29, 0.717) is 6.04 Å². The highest BCUT2D eigenvalue weighted by molar-refractivity contribution is 6.02. The zero-order chi connectivity index (χ0) is 14.8. The SMILES string of the molecule is CCCN(CCC)C1CCc2ccc3c(c2C1)OCC3=O. The van der Waals surface area contributed by atoms with E-state index >= 15 is 0 Å². The molecule has 2 aliphatic rings. The molecule has 3 nitrogen and oxygen atoms in total. The van der Waals surface area contributed by atoms with E-state index in [-0.39, 0.29) is 12.4 Å². The van der Waals surface area contributed by atoms with Crippen LogP contribution in [0.5, 0.6) is 5.75 Å². The van der Waals surface area contributed by atoms with Gasteiger partial charge in [-0.1, -0.05) is 19.9 Å². The lowest BCUT2D eigenvalue weighted by Crippen LogP contribution is -2.40. The molecule has 1 heterocycles. The van der Waals surface area contributed by atoms with Crippen LogP contribution in [-0.4, -0.2) is 36.4 Å². The van der Waals surface area contributed by atoms with Crippen LogP contribution in [0.2, 0.25) is 0 Å². The highest BCUT2D eigenvalue weighted by atomic mass is 16.5. The van der Waals surface area contributed by atoms with E-state index in [9.17, 15) is 4.79 Å². The van der Waals surface area contributed by atoms with Crippen molar-refractivity contribution in [2.45, 2.75) is 52.0 Å². The zero-order valence-electron chi connectivity index (χ0n) is 13.2. The highest BCUT2D eigenvalue weighted by Crippen LogP contribution is 2.37. The molecule has 1 aliphatic heterocycles. The molecule has 0 amide bonds. The molecule has 3 rings (SSSR count). The maximum absolute atomic E-state index is 11.8. The Morgan fingerprint density at radius 2 is 2.00 bits per heavy atom. The normalized spacial score (nSPS) is 20.3. The minimum atomic E-state index is 0.133. The molecule has 1 atom stereocenters. The van der Waals surface area contributed by atoms with E-state index in [1.807, 2.05) is 6.07 Å². The number of carbonyl (C=O) groups excluding carboxylic acids is 1. The van der Waals surface area contributed by atoms with Crippen LogP contribution in [0.3, 0.4) is 0 Å². The van der Waals surface area contributed by atoms with Gasteiger partial charge in [0.15, 0.2) is 6.61 Å². The number of aryl methyl sites for hydroxylation is 1. The Morgan fingerprint density at radius 1 is 1.24 bits per heavy atom. The second-order valence-corrected chi connectivity index (χ2v) is 6.22. The van der Waals surface area contributed by atoms with Gasteiger partial charge in [0.05, 0.1) is 5.56 Å². The van der Waals surface area contributed by atoms with E-state index in [2.05, 4.69) is 24.8 Å². The Labute approximate surface area is 127 Å². The van der Waals surface area contributed by atoms with Gasteiger partial charge in [-0.3, -0.25) is 4.79 Å². The standard InChI is InChI=1S/C18H25NO2/c1-3-9-19(10-4-2)14-7-5-13-6-8-15-17(20)12-21-18(15)16(13)11-14/h6,8,14H,3-5,7,9-12H2,1-2H3. The van der Waals surface area contributed by atoms with Gasteiger partial charge in [-0.15, -0.1) is 0 Å². The van der Waals surface area contributed by atoms with Crippen molar-refractivity contribution in [3.8, 4) is 5.75 Å². The largest absolute Gasteiger partial charge is 0.484 e. The number of carbonyl (C=O) groups is 1. The van der Waals surface area contributed by atoms with Gasteiger partial charge in [0.2, 0.25) is 5.78 Å². The number of ketones is 1. The third-order valence-corrected chi connectivity index (χ3v) is 4.73. The van der Waals surface area contributed by atoms with Gasteiger partial charge >= 0.3 is 0 Å². The predicted molar refractivity (Wildman–Crippen MR) is 84.2 cm³/mol. The molecule has 0 fully saturated rings.